The maximum atomic E-state index is 12.3. The zero-order chi connectivity index (χ0) is 17.4. The van der Waals surface area contributed by atoms with Crippen molar-refractivity contribution in [1.82, 2.24) is 24.9 Å². The molecule has 1 N–H and O–H groups in total. The number of aromatic nitrogens is 2. The Bertz CT molecular complexity index is 509. The summed E-state index contributed by atoms with van der Waals surface area (Å²) < 4.78 is 7.02. The van der Waals surface area contributed by atoms with Crippen LogP contribution in [-0.4, -0.2) is 72.1 Å². The summed E-state index contributed by atoms with van der Waals surface area (Å²) in [5.74, 6) is 0. The number of amides is 2. The van der Waals surface area contributed by atoms with Crippen molar-refractivity contribution in [3.8, 4) is 0 Å². The van der Waals surface area contributed by atoms with E-state index in [1.54, 1.807) is 7.11 Å². The van der Waals surface area contributed by atoms with E-state index in [0.29, 0.717) is 6.54 Å². The molecule has 0 aromatic carbocycles. The highest BCUT2D eigenvalue weighted by Crippen LogP contribution is 2.08. The van der Waals surface area contributed by atoms with Gasteiger partial charge in [-0.15, -0.1) is 0 Å². The van der Waals surface area contributed by atoms with Crippen molar-refractivity contribution in [3.05, 3.63) is 17.5 Å². The fourth-order valence-electron chi connectivity index (χ4n) is 3.02. The first-order chi connectivity index (χ1) is 11.7. The Balaban J connectivity index is 1.68. The highest BCUT2D eigenvalue weighted by Gasteiger charge is 2.20. The van der Waals surface area contributed by atoms with Gasteiger partial charge < -0.3 is 15.0 Å². The van der Waals surface area contributed by atoms with Crippen LogP contribution in [-0.2, 0) is 17.8 Å². The van der Waals surface area contributed by atoms with E-state index in [4.69, 9.17) is 4.74 Å². The standard InChI is InChI=1S/C17H31N5O2/c1-4-22-15(2)16(14-19-22)13-18-17(23)21-10-8-20(9-11-21)7-5-6-12-24-3/h14H,4-13H2,1-3H3,(H,18,23). The lowest BCUT2D eigenvalue weighted by Gasteiger charge is -2.34. The highest BCUT2D eigenvalue weighted by molar-refractivity contribution is 5.74. The summed E-state index contributed by atoms with van der Waals surface area (Å²) in [5.41, 5.74) is 2.21. The van der Waals surface area contributed by atoms with Crippen LogP contribution in [0.15, 0.2) is 6.20 Å². The number of rotatable bonds is 8. The molecule has 0 bridgehead atoms. The largest absolute Gasteiger partial charge is 0.385 e. The molecule has 0 aliphatic carbocycles. The zero-order valence-electron chi connectivity index (χ0n) is 15.3. The minimum atomic E-state index is 0.0256. The summed E-state index contributed by atoms with van der Waals surface area (Å²) in [6, 6.07) is 0.0256. The lowest BCUT2D eigenvalue weighted by molar-refractivity contribution is 0.133. The summed E-state index contributed by atoms with van der Waals surface area (Å²) >= 11 is 0. The van der Waals surface area contributed by atoms with Crippen molar-refractivity contribution in [2.45, 2.75) is 39.8 Å². The Morgan fingerprint density at radius 2 is 2.04 bits per heavy atom. The third-order valence-electron chi connectivity index (χ3n) is 4.67. The number of methoxy groups -OCH3 is 1. The summed E-state index contributed by atoms with van der Waals surface area (Å²) in [5, 5.41) is 7.33. The second kappa shape index (κ2) is 9.64. The number of hydrogen-bond donors (Lipinski definition) is 1. The van der Waals surface area contributed by atoms with Gasteiger partial charge in [-0.2, -0.15) is 5.10 Å². The average molecular weight is 337 g/mol. The number of ether oxygens (including phenoxy) is 1. The van der Waals surface area contributed by atoms with E-state index in [9.17, 15) is 4.79 Å². The average Bonchev–Trinajstić information content (AvgIpc) is 2.97. The van der Waals surface area contributed by atoms with Crippen molar-refractivity contribution in [3.63, 3.8) is 0 Å². The van der Waals surface area contributed by atoms with Crippen molar-refractivity contribution in [2.24, 2.45) is 0 Å². The first kappa shape index (κ1) is 18.7. The number of unbranched alkanes of at least 4 members (excludes halogenated alkanes) is 1. The molecule has 24 heavy (non-hydrogen) atoms. The summed E-state index contributed by atoms with van der Waals surface area (Å²) in [6.07, 6.45) is 4.10. The first-order valence-electron chi connectivity index (χ1n) is 8.91. The van der Waals surface area contributed by atoms with E-state index in [2.05, 4.69) is 22.2 Å². The predicted octanol–water partition coefficient (Wildman–Crippen LogP) is 1.47. The molecule has 1 aromatic heterocycles. The molecular weight excluding hydrogens is 306 g/mol. The summed E-state index contributed by atoms with van der Waals surface area (Å²) in [4.78, 5) is 16.7. The minimum absolute atomic E-state index is 0.0256. The van der Waals surface area contributed by atoms with Crippen LogP contribution in [0.2, 0.25) is 0 Å². The van der Waals surface area contributed by atoms with Crippen LogP contribution < -0.4 is 5.32 Å². The molecule has 1 aliphatic heterocycles. The maximum absolute atomic E-state index is 12.3. The van der Waals surface area contributed by atoms with Crippen LogP contribution in [0.5, 0.6) is 0 Å². The quantitative estimate of drug-likeness (QED) is 0.730. The van der Waals surface area contributed by atoms with Crippen LogP contribution in [0.1, 0.15) is 31.0 Å². The van der Waals surface area contributed by atoms with Crippen molar-refractivity contribution in [1.29, 1.82) is 0 Å². The predicted molar refractivity (Wildman–Crippen MR) is 94.0 cm³/mol. The Kier molecular flexibility index (Phi) is 7.52. The van der Waals surface area contributed by atoms with E-state index in [1.165, 1.54) is 0 Å². The molecule has 1 aromatic rings. The van der Waals surface area contributed by atoms with Crippen LogP contribution in [0, 0.1) is 6.92 Å². The Morgan fingerprint density at radius 1 is 1.29 bits per heavy atom. The number of aryl methyl sites for hydroxylation is 1. The first-order valence-corrected chi connectivity index (χ1v) is 8.91. The second-order valence-electron chi connectivity index (χ2n) is 6.26. The Hall–Kier alpha value is -1.60. The monoisotopic (exact) mass is 337 g/mol. The lowest BCUT2D eigenvalue weighted by atomic mass is 10.2. The third kappa shape index (κ3) is 5.21. The number of carbonyl (C=O) groups excluding carboxylic acids is 1. The molecule has 1 fully saturated rings. The van der Waals surface area contributed by atoms with Gasteiger partial charge in [0, 0.05) is 64.2 Å². The van der Waals surface area contributed by atoms with Gasteiger partial charge in [-0.1, -0.05) is 0 Å². The van der Waals surface area contributed by atoms with Crippen LogP contribution >= 0.6 is 0 Å². The minimum Gasteiger partial charge on any atom is -0.385 e. The normalized spacial score (nSPS) is 15.7. The van der Waals surface area contributed by atoms with Crippen LogP contribution in [0.4, 0.5) is 4.79 Å². The van der Waals surface area contributed by atoms with Crippen molar-refractivity contribution < 1.29 is 9.53 Å². The van der Waals surface area contributed by atoms with Gasteiger partial charge in [0.25, 0.3) is 0 Å². The van der Waals surface area contributed by atoms with Gasteiger partial charge in [0.15, 0.2) is 0 Å². The SMILES string of the molecule is CCn1ncc(CNC(=O)N2CCN(CCCCOC)CC2)c1C. The number of nitrogens with one attached hydrogen (secondary N) is 1. The number of piperazine rings is 1. The maximum Gasteiger partial charge on any atom is 0.317 e. The molecule has 2 rings (SSSR count). The fourth-order valence-corrected chi connectivity index (χ4v) is 3.02. The van der Waals surface area contributed by atoms with E-state index < -0.39 is 0 Å². The van der Waals surface area contributed by atoms with Gasteiger partial charge in [0.05, 0.1) is 6.20 Å². The number of hydrogen-bond acceptors (Lipinski definition) is 4. The zero-order valence-corrected chi connectivity index (χ0v) is 15.3. The lowest BCUT2D eigenvalue weighted by Crippen LogP contribution is -2.51. The van der Waals surface area contributed by atoms with Crippen LogP contribution in [0.3, 0.4) is 0 Å². The molecule has 2 heterocycles. The molecule has 0 spiro atoms. The molecule has 1 saturated heterocycles. The molecule has 1 aliphatic rings. The Morgan fingerprint density at radius 3 is 2.67 bits per heavy atom. The van der Waals surface area contributed by atoms with E-state index >= 15 is 0 Å². The van der Waals surface area contributed by atoms with Gasteiger partial charge in [-0.05, 0) is 33.2 Å². The molecule has 136 valence electrons. The summed E-state index contributed by atoms with van der Waals surface area (Å²) in [7, 11) is 1.74. The van der Waals surface area contributed by atoms with Gasteiger partial charge in [0.1, 0.15) is 0 Å². The highest BCUT2D eigenvalue weighted by atomic mass is 16.5. The number of nitrogens with zero attached hydrogens (tertiary/aromatic N) is 4. The molecule has 7 nitrogen and oxygen atoms in total. The molecular formula is C17H31N5O2. The molecule has 7 heteroatoms. The smallest absolute Gasteiger partial charge is 0.317 e. The van der Waals surface area contributed by atoms with E-state index in [0.717, 1.165) is 70.0 Å². The second-order valence-corrected chi connectivity index (χ2v) is 6.26. The van der Waals surface area contributed by atoms with Gasteiger partial charge in [0.2, 0.25) is 0 Å². The third-order valence-corrected chi connectivity index (χ3v) is 4.67. The van der Waals surface area contributed by atoms with Gasteiger partial charge in [-0.25, -0.2) is 4.79 Å². The van der Waals surface area contributed by atoms with E-state index in [1.807, 2.05) is 22.7 Å². The van der Waals surface area contributed by atoms with Gasteiger partial charge in [-0.3, -0.25) is 9.58 Å². The molecule has 0 atom stereocenters. The molecule has 0 radical (unpaired) electrons. The number of urea groups is 1. The van der Waals surface area contributed by atoms with Crippen molar-refractivity contribution >= 4 is 6.03 Å². The number of carbonyl (C=O) groups is 1. The fraction of sp³-hybridized carbons (Fsp3) is 0.765. The molecule has 2 amide bonds. The van der Waals surface area contributed by atoms with Crippen molar-refractivity contribution in [2.75, 3.05) is 46.4 Å². The molecule has 0 unspecified atom stereocenters. The van der Waals surface area contributed by atoms with E-state index in [-0.39, 0.29) is 6.03 Å². The van der Waals surface area contributed by atoms with Crippen LogP contribution in [0.25, 0.3) is 0 Å². The molecule has 0 saturated carbocycles. The Labute approximate surface area is 144 Å². The summed E-state index contributed by atoms with van der Waals surface area (Å²) in [6.45, 7) is 10.9. The van der Waals surface area contributed by atoms with Gasteiger partial charge >= 0.3 is 6.03 Å². The topological polar surface area (TPSA) is 62.6 Å².